The lowest BCUT2D eigenvalue weighted by molar-refractivity contribution is -0.128. The highest BCUT2D eigenvalue weighted by Crippen LogP contribution is 2.36. The zero-order valence-electron chi connectivity index (χ0n) is 12.4. The van der Waals surface area contributed by atoms with E-state index in [4.69, 9.17) is 11.5 Å². The molecule has 0 heterocycles. The van der Waals surface area contributed by atoms with Gasteiger partial charge in [-0.15, -0.1) is 0 Å². The highest BCUT2D eigenvalue weighted by atomic mass is 16.1. The van der Waals surface area contributed by atoms with Crippen LogP contribution in [0.2, 0.25) is 0 Å². The van der Waals surface area contributed by atoms with E-state index < -0.39 is 5.41 Å². The van der Waals surface area contributed by atoms with Crippen LogP contribution in [-0.2, 0) is 22.4 Å². The first kappa shape index (κ1) is 15.5. The third-order valence-electron chi connectivity index (χ3n) is 4.46. The molecule has 0 saturated carbocycles. The summed E-state index contributed by atoms with van der Waals surface area (Å²) in [6.07, 6.45) is 6.51. The van der Waals surface area contributed by atoms with Crippen LogP contribution in [0.1, 0.15) is 49.7 Å². The van der Waals surface area contributed by atoms with Gasteiger partial charge < -0.3 is 11.5 Å². The van der Waals surface area contributed by atoms with Gasteiger partial charge in [0.2, 0.25) is 11.8 Å². The van der Waals surface area contributed by atoms with Crippen molar-refractivity contribution in [3.05, 3.63) is 35.4 Å². The summed E-state index contributed by atoms with van der Waals surface area (Å²) in [7, 11) is 0. The van der Waals surface area contributed by atoms with E-state index in [2.05, 4.69) is 24.3 Å². The Morgan fingerprint density at radius 2 is 1.43 bits per heavy atom. The van der Waals surface area contributed by atoms with Gasteiger partial charge in [0.1, 0.15) is 0 Å². The molecule has 114 valence electrons. The molecule has 4 heteroatoms. The topological polar surface area (TPSA) is 86.2 Å². The molecule has 0 aromatic heterocycles. The van der Waals surface area contributed by atoms with E-state index in [0.29, 0.717) is 6.42 Å². The maximum atomic E-state index is 12.0. The average Bonchev–Trinajstić information content (AvgIpc) is 2.72. The summed E-state index contributed by atoms with van der Waals surface area (Å²) >= 11 is 0. The molecule has 0 aliphatic heterocycles. The Bertz CT molecular complexity index is 483. The monoisotopic (exact) mass is 288 g/mol. The van der Waals surface area contributed by atoms with Crippen molar-refractivity contribution in [2.24, 2.45) is 16.9 Å². The van der Waals surface area contributed by atoms with Gasteiger partial charge in [-0.05, 0) is 36.8 Å². The second kappa shape index (κ2) is 6.74. The van der Waals surface area contributed by atoms with E-state index in [1.807, 2.05) is 0 Å². The number of amides is 2. The van der Waals surface area contributed by atoms with Crippen molar-refractivity contribution in [2.75, 3.05) is 0 Å². The van der Waals surface area contributed by atoms with Crippen LogP contribution in [0.4, 0.5) is 0 Å². The minimum absolute atomic E-state index is 0.193. The van der Waals surface area contributed by atoms with E-state index in [0.717, 1.165) is 44.9 Å². The standard InChI is InChI=1S/C17H24N2O2/c18-15(20)5-3-1-2-4-10-17(16(19)21)11-13-6-7-14(12-17)9-8-13/h6-9H,1-5,10-12H2,(H2,18,20)(H2,19,21). The molecule has 0 spiro atoms. The predicted octanol–water partition coefficient (Wildman–Crippen LogP) is 2.08. The highest BCUT2D eigenvalue weighted by molar-refractivity contribution is 5.82. The summed E-state index contributed by atoms with van der Waals surface area (Å²) in [5.41, 5.74) is 12.8. The molecule has 0 fully saturated rings. The van der Waals surface area contributed by atoms with Crippen LogP contribution in [0.3, 0.4) is 0 Å². The van der Waals surface area contributed by atoms with E-state index >= 15 is 0 Å². The number of benzene rings is 1. The molecule has 0 unspecified atom stereocenters. The molecule has 2 bridgehead atoms. The second-order valence-corrected chi connectivity index (χ2v) is 6.20. The summed E-state index contributed by atoms with van der Waals surface area (Å²) in [6.45, 7) is 0. The van der Waals surface area contributed by atoms with Gasteiger partial charge in [0.05, 0.1) is 5.41 Å². The summed E-state index contributed by atoms with van der Waals surface area (Å²) in [4.78, 5) is 22.7. The van der Waals surface area contributed by atoms with Crippen LogP contribution >= 0.6 is 0 Å². The first-order valence-corrected chi connectivity index (χ1v) is 7.68. The first-order chi connectivity index (χ1) is 10.0. The molecule has 4 N–H and O–H groups in total. The van der Waals surface area contributed by atoms with Crippen molar-refractivity contribution >= 4 is 11.8 Å². The molecule has 0 atom stereocenters. The number of fused-ring (bicyclic) bond motifs is 4. The number of carbonyl (C=O) groups excluding carboxylic acids is 2. The molecule has 1 aromatic rings. The minimum atomic E-state index is -0.443. The summed E-state index contributed by atoms with van der Waals surface area (Å²) < 4.78 is 0. The maximum absolute atomic E-state index is 12.0. The molecule has 21 heavy (non-hydrogen) atoms. The fourth-order valence-corrected chi connectivity index (χ4v) is 3.21. The molecule has 0 radical (unpaired) electrons. The van der Waals surface area contributed by atoms with Crippen LogP contribution in [0.5, 0.6) is 0 Å². The minimum Gasteiger partial charge on any atom is -0.370 e. The maximum Gasteiger partial charge on any atom is 0.224 e. The van der Waals surface area contributed by atoms with Gasteiger partial charge in [0, 0.05) is 6.42 Å². The summed E-state index contributed by atoms with van der Waals surface area (Å²) in [5, 5.41) is 0. The number of hydrogen-bond donors (Lipinski definition) is 2. The number of carbonyl (C=O) groups is 2. The van der Waals surface area contributed by atoms with Gasteiger partial charge in [-0.3, -0.25) is 9.59 Å². The van der Waals surface area contributed by atoms with Crippen LogP contribution in [-0.4, -0.2) is 11.8 Å². The van der Waals surface area contributed by atoms with Crippen molar-refractivity contribution < 1.29 is 9.59 Å². The van der Waals surface area contributed by atoms with Gasteiger partial charge in [-0.1, -0.05) is 43.5 Å². The lowest BCUT2D eigenvalue weighted by atomic mass is 9.74. The molecular formula is C17H24N2O2. The predicted molar refractivity (Wildman–Crippen MR) is 82.4 cm³/mol. The van der Waals surface area contributed by atoms with Crippen molar-refractivity contribution in [2.45, 2.75) is 51.4 Å². The van der Waals surface area contributed by atoms with Crippen LogP contribution < -0.4 is 11.5 Å². The zero-order valence-corrected chi connectivity index (χ0v) is 12.4. The largest absolute Gasteiger partial charge is 0.370 e. The van der Waals surface area contributed by atoms with Crippen LogP contribution in [0.15, 0.2) is 24.3 Å². The Balaban J connectivity index is 1.87. The molecule has 2 aliphatic rings. The summed E-state index contributed by atoms with van der Waals surface area (Å²) in [6, 6.07) is 8.36. The lowest BCUT2D eigenvalue weighted by Crippen LogP contribution is -2.40. The van der Waals surface area contributed by atoms with Gasteiger partial charge in [-0.2, -0.15) is 0 Å². The van der Waals surface area contributed by atoms with Crippen LogP contribution in [0, 0.1) is 5.41 Å². The van der Waals surface area contributed by atoms with Crippen molar-refractivity contribution in [1.82, 2.24) is 0 Å². The Labute approximate surface area is 125 Å². The van der Waals surface area contributed by atoms with Crippen molar-refractivity contribution in [3.63, 3.8) is 0 Å². The number of unbranched alkanes of at least 4 members (excludes halogenated alkanes) is 3. The Kier molecular flexibility index (Phi) is 4.99. The van der Waals surface area contributed by atoms with E-state index in [1.54, 1.807) is 0 Å². The Morgan fingerprint density at radius 3 is 1.90 bits per heavy atom. The number of rotatable bonds is 8. The Morgan fingerprint density at radius 1 is 0.905 bits per heavy atom. The molecule has 2 amide bonds. The van der Waals surface area contributed by atoms with Crippen molar-refractivity contribution in [1.29, 1.82) is 0 Å². The number of primary amides is 2. The zero-order chi connectivity index (χ0) is 15.3. The molecule has 2 aliphatic carbocycles. The fourth-order valence-electron chi connectivity index (χ4n) is 3.21. The van der Waals surface area contributed by atoms with E-state index in [9.17, 15) is 9.59 Å². The second-order valence-electron chi connectivity index (χ2n) is 6.20. The van der Waals surface area contributed by atoms with E-state index in [-0.39, 0.29) is 11.8 Å². The van der Waals surface area contributed by atoms with Gasteiger partial charge in [0.25, 0.3) is 0 Å². The van der Waals surface area contributed by atoms with Gasteiger partial charge in [0.15, 0.2) is 0 Å². The number of nitrogens with two attached hydrogens (primary N) is 2. The lowest BCUT2D eigenvalue weighted by Gasteiger charge is -2.29. The Hall–Kier alpha value is -1.84. The first-order valence-electron chi connectivity index (χ1n) is 7.68. The smallest absolute Gasteiger partial charge is 0.224 e. The van der Waals surface area contributed by atoms with Crippen molar-refractivity contribution in [3.8, 4) is 0 Å². The molecule has 0 saturated heterocycles. The molecule has 4 nitrogen and oxygen atoms in total. The molecular weight excluding hydrogens is 264 g/mol. The van der Waals surface area contributed by atoms with E-state index in [1.165, 1.54) is 11.1 Å². The third kappa shape index (κ3) is 4.06. The quantitative estimate of drug-likeness (QED) is 0.718. The molecule has 1 aromatic carbocycles. The van der Waals surface area contributed by atoms with Crippen LogP contribution in [0.25, 0.3) is 0 Å². The SMILES string of the molecule is NC(=O)CCCCCCC1(C(N)=O)Cc2ccc(cc2)C1. The third-order valence-corrected chi connectivity index (χ3v) is 4.46. The number of hydrogen-bond acceptors (Lipinski definition) is 2. The fraction of sp³-hybridized carbons (Fsp3) is 0.529. The molecule has 3 rings (SSSR count). The highest BCUT2D eigenvalue weighted by Gasteiger charge is 2.37. The van der Waals surface area contributed by atoms with Gasteiger partial charge >= 0.3 is 0 Å². The average molecular weight is 288 g/mol. The van der Waals surface area contributed by atoms with Gasteiger partial charge in [-0.25, -0.2) is 0 Å². The normalized spacial score (nSPS) is 15.6. The summed E-state index contributed by atoms with van der Waals surface area (Å²) in [5.74, 6) is -0.434.